The number of anilines is 2. The molecule has 1 aliphatic heterocycles. The molecule has 1 atom stereocenters. The van der Waals surface area contributed by atoms with Gasteiger partial charge in [0.05, 0.1) is 31.6 Å². The number of ether oxygens (including phenoxy) is 3. The average Bonchev–Trinajstić information content (AvgIpc) is 3.26. The largest absolute Gasteiger partial charge is 0.495 e. The third-order valence-corrected chi connectivity index (χ3v) is 5.26. The van der Waals surface area contributed by atoms with Gasteiger partial charge < -0.3 is 24.8 Å². The standard InChI is InChI=1S/C24H27N5O4/c1-14(2)33-19-11-10-16(12-20(19)32-5)22-21(15(3)27-24-25-13-26-29(22)24)23(30)28-17-8-6-7-9-18(17)31-4/h6-14,22H,1-5H3,(H,28,30)(H,25,26,27)/t22-/m1/s1. The number of carbonyl (C=O) groups is 1. The third-order valence-electron chi connectivity index (χ3n) is 5.26. The van der Waals surface area contributed by atoms with E-state index < -0.39 is 6.04 Å². The molecule has 0 fully saturated rings. The fourth-order valence-electron chi connectivity index (χ4n) is 3.84. The highest BCUT2D eigenvalue weighted by Crippen LogP contribution is 2.39. The number of amides is 1. The summed E-state index contributed by atoms with van der Waals surface area (Å²) in [5.74, 6) is 2.04. The van der Waals surface area contributed by atoms with Crippen LogP contribution in [-0.4, -0.2) is 41.0 Å². The Morgan fingerprint density at radius 2 is 1.85 bits per heavy atom. The second-order valence-electron chi connectivity index (χ2n) is 7.83. The summed E-state index contributed by atoms with van der Waals surface area (Å²) in [4.78, 5) is 17.8. The first kappa shape index (κ1) is 22.2. The van der Waals surface area contributed by atoms with Crippen molar-refractivity contribution in [1.82, 2.24) is 14.8 Å². The van der Waals surface area contributed by atoms with Gasteiger partial charge in [0.25, 0.3) is 5.91 Å². The molecule has 9 heteroatoms. The zero-order valence-corrected chi connectivity index (χ0v) is 19.2. The van der Waals surface area contributed by atoms with E-state index in [2.05, 4.69) is 20.7 Å². The van der Waals surface area contributed by atoms with E-state index in [-0.39, 0.29) is 12.0 Å². The maximum atomic E-state index is 13.5. The lowest BCUT2D eigenvalue weighted by Gasteiger charge is -2.29. The molecule has 3 aromatic rings. The number of allylic oxidation sites excluding steroid dienone is 1. The van der Waals surface area contributed by atoms with Crippen molar-refractivity contribution in [3.63, 3.8) is 0 Å². The molecule has 0 unspecified atom stereocenters. The van der Waals surface area contributed by atoms with E-state index >= 15 is 0 Å². The number of carbonyl (C=O) groups excluding carboxylic acids is 1. The molecule has 2 N–H and O–H groups in total. The minimum absolute atomic E-state index is 0.00474. The summed E-state index contributed by atoms with van der Waals surface area (Å²) in [6, 6.07) is 12.4. The Morgan fingerprint density at radius 1 is 1.09 bits per heavy atom. The minimum Gasteiger partial charge on any atom is -0.495 e. The van der Waals surface area contributed by atoms with Gasteiger partial charge in [-0.15, -0.1) is 0 Å². The normalized spacial score (nSPS) is 15.0. The summed E-state index contributed by atoms with van der Waals surface area (Å²) in [6.07, 6.45) is 1.45. The Morgan fingerprint density at radius 3 is 2.58 bits per heavy atom. The van der Waals surface area contributed by atoms with Crippen LogP contribution in [-0.2, 0) is 4.79 Å². The molecule has 0 bridgehead atoms. The van der Waals surface area contributed by atoms with Gasteiger partial charge >= 0.3 is 0 Å². The van der Waals surface area contributed by atoms with Gasteiger partial charge in [-0.05, 0) is 50.6 Å². The van der Waals surface area contributed by atoms with E-state index in [1.807, 2.05) is 51.1 Å². The van der Waals surface area contributed by atoms with Crippen molar-refractivity contribution >= 4 is 17.5 Å². The van der Waals surface area contributed by atoms with Crippen LogP contribution in [0.15, 0.2) is 60.1 Å². The highest BCUT2D eigenvalue weighted by atomic mass is 16.5. The van der Waals surface area contributed by atoms with E-state index in [9.17, 15) is 4.79 Å². The van der Waals surface area contributed by atoms with Crippen LogP contribution in [0.25, 0.3) is 0 Å². The molecule has 172 valence electrons. The maximum absolute atomic E-state index is 13.5. The highest BCUT2D eigenvalue weighted by Gasteiger charge is 2.34. The van der Waals surface area contributed by atoms with Crippen LogP contribution in [0.5, 0.6) is 17.2 Å². The Balaban J connectivity index is 1.77. The van der Waals surface area contributed by atoms with E-state index in [0.717, 1.165) is 5.56 Å². The predicted octanol–water partition coefficient (Wildman–Crippen LogP) is 4.01. The summed E-state index contributed by atoms with van der Waals surface area (Å²) in [5.41, 5.74) is 2.56. The first-order valence-electron chi connectivity index (χ1n) is 10.6. The van der Waals surface area contributed by atoms with Crippen molar-refractivity contribution in [1.29, 1.82) is 0 Å². The fraction of sp³-hybridized carbons (Fsp3) is 0.292. The fourth-order valence-corrected chi connectivity index (χ4v) is 3.84. The Bertz CT molecular complexity index is 1200. The summed E-state index contributed by atoms with van der Waals surface area (Å²) < 4.78 is 18.5. The molecule has 1 aliphatic rings. The Labute approximate surface area is 192 Å². The molecule has 9 nitrogen and oxygen atoms in total. The molecule has 0 spiro atoms. The van der Waals surface area contributed by atoms with Crippen LogP contribution < -0.4 is 24.8 Å². The van der Waals surface area contributed by atoms with Crippen molar-refractivity contribution in [2.24, 2.45) is 0 Å². The van der Waals surface area contributed by atoms with Gasteiger partial charge in [0.1, 0.15) is 18.1 Å². The van der Waals surface area contributed by atoms with Gasteiger partial charge in [0, 0.05) is 5.70 Å². The summed E-state index contributed by atoms with van der Waals surface area (Å²) in [7, 11) is 3.15. The number of hydrogen-bond acceptors (Lipinski definition) is 7. The Hall–Kier alpha value is -4.01. The van der Waals surface area contributed by atoms with Crippen molar-refractivity contribution in [2.75, 3.05) is 24.9 Å². The number of nitrogens with one attached hydrogen (secondary N) is 2. The first-order chi connectivity index (χ1) is 15.9. The zero-order valence-electron chi connectivity index (χ0n) is 19.2. The summed E-state index contributed by atoms with van der Waals surface area (Å²) >= 11 is 0. The number of methoxy groups -OCH3 is 2. The molecule has 2 heterocycles. The van der Waals surface area contributed by atoms with Crippen molar-refractivity contribution < 1.29 is 19.0 Å². The van der Waals surface area contributed by atoms with Crippen LogP contribution in [0.3, 0.4) is 0 Å². The van der Waals surface area contributed by atoms with Gasteiger partial charge in [-0.1, -0.05) is 18.2 Å². The lowest BCUT2D eigenvalue weighted by molar-refractivity contribution is -0.113. The lowest BCUT2D eigenvalue weighted by atomic mass is 9.94. The number of rotatable bonds is 7. The molecule has 1 aromatic heterocycles. The minimum atomic E-state index is -0.527. The van der Waals surface area contributed by atoms with E-state index in [1.165, 1.54) is 6.33 Å². The quantitative estimate of drug-likeness (QED) is 0.562. The van der Waals surface area contributed by atoms with E-state index in [4.69, 9.17) is 14.2 Å². The topological polar surface area (TPSA) is 99.5 Å². The van der Waals surface area contributed by atoms with Crippen molar-refractivity contribution in [3.8, 4) is 17.2 Å². The number of fused-ring (bicyclic) bond motifs is 1. The number of hydrogen-bond donors (Lipinski definition) is 2. The molecule has 0 saturated heterocycles. The molecule has 33 heavy (non-hydrogen) atoms. The second kappa shape index (κ2) is 9.23. The molecule has 0 saturated carbocycles. The monoisotopic (exact) mass is 449 g/mol. The van der Waals surface area contributed by atoms with E-state index in [1.54, 1.807) is 31.0 Å². The van der Waals surface area contributed by atoms with E-state index in [0.29, 0.717) is 40.2 Å². The lowest BCUT2D eigenvalue weighted by Crippen LogP contribution is -2.31. The van der Waals surface area contributed by atoms with Gasteiger partial charge in [-0.3, -0.25) is 4.79 Å². The molecule has 1 amide bonds. The SMILES string of the molecule is COc1ccccc1NC(=O)C1=C(C)Nc2ncnn2[C@@H]1c1ccc(OC(C)C)c(OC)c1. The number of aromatic nitrogens is 3. The maximum Gasteiger partial charge on any atom is 0.255 e. The summed E-state index contributed by atoms with van der Waals surface area (Å²) in [5, 5.41) is 10.5. The third kappa shape index (κ3) is 4.34. The molecule has 2 aromatic carbocycles. The van der Waals surface area contributed by atoms with Gasteiger partial charge in [0.2, 0.25) is 5.95 Å². The van der Waals surface area contributed by atoms with Gasteiger partial charge in [-0.25, -0.2) is 4.68 Å². The number of benzene rings is 2. The number of nitrogens with zero attached hydrogens (tertiary/aromatic N) is 3. The van der Waals surface area contributed by atoms with Crippen LogP contribution in [0.4, 0.5) is 11.6 Å². The average molecular weight is 450 g/mol. The van der Waals surface area contributed by atoms with Gasteiger partial charge in [-0.2, -0.15) is 10.1 Å². The highest BCUT2D eigenvalue weighted by molar-refractivity contribution is 6.06. The van der Waals surface area contributed by atoms with Crippen LogP contribution in [0.2, 0.25) is 0 Å². The van der Waals surface area contributed by atoms with Crippen molar-refractivity contribution in [2.45, 2.75) is 32.9 Å². The van der Waals surface area contributed by atoms with Crippen LogP contribution >= 0.6 is 0 Å². The van der Waals surface area contributed by atoms with Gasteiger partial charge in [0.15, 0.2) is 11.5 Å². The first-order valence-corrected chi connectivity index (χ1v) is 10.6. The smallest absolute Gasteiger partial charge is 0.255 e. The molecule has 4 rings (SSSR count). The predicted molar refractivity (Wildman–Crippen MR) is 125 cm³/mol. The molecular formula is C24H27N5O4. The molecule has 0 radical (unpaired) electrons. The second-order valence-corrected chi connectivity index (χ2v) is 7.83. The number of para-hydroxylation sites is 2. The summed E-state index contributed by atoms with van der Waals surface area (Å²) in [6.45, 7) is 5.75. The zero-order chi connectivity index (χ0) is 23.5. The van der Waals surface area contributed by atoms with Crippen LogP contribution in [0, 0.1) is 0 Å². The molecule has 0 aliphatic carbocycles. The Kier molecular flexibility index (Phi) is 6.21. The van der Waals surface area contributed by atoms with Crippen molar-refractivity contribution in [3.05, 3.63) is 65.6 Å². The van der Waals surface area contributed by atoms with Crippen LogP contribution in [0.1, 0.15) is 32.4 Å². The molecular weight excluding hydrogens is 422 g/mol.